The smallest absolute Gasteiger partial charge is 0.359 e. The molecule has 36 heavy (non-hydrogen) atoms. The number of carbonyl (C=O) groups is 1. The van der Waals surface area contributed by atoms with Gasteiger partial charge in [-0.25, -0.2) is 20.2 Å². The third-order valence-electron chi connectivity index (χ3n) is 4.86. The monoisotopic (exact) mass is 522 g/mol. The lowest BCUT2D eigenvalue weighted by Crippen LogP contribution is -2.18. The van der Waals surface area contributed by atoms with Crippen molar-refractivity contribution < 1.29 is 26.7 Å². The van der Waals surface area contributed by atoms with E-state index in [1.807, 2.05) is 19.9 Å². The van der Waals surface area contributed by atoms with Crippen molar-refractivity contribution in [3.8, 4) is 0 Å². The summed E-state index contributed by atoms with van der Waals surface area (Å²) in [7, 11) is 1.59. The topological polar surface area (TPSA) is 50.2 Å². The van der Waals surface area contributed by atoms with Crippen molar-refractivity contribution in [1.29, 1.82) is 0 Å². The molecule has 0 aliphatic heterocycles. The van der Waals surface area contributed by atoms with Crippen LogP contribution in [0, 0.1) is 24.8 Å². The van der Waals surface area contributed by atoms with Crippen LogP contribution in [0.25, 0.3) is 9.69 Å². The van der Waals surface area contributed by atoms with E-state index in [1.54, 1.807) is 18.3 Å². The van der Waals surface area contributed by atoms with Gasteiger partial charge in [-0.05, 0) is 48.3 Å². The lowest BCUT2D eigenvalue weighted by Gasteiger charge is -2.12. The highest BCUT2D eigenvalue weighted by atomic mass is 32.1. The van der Waals surface area contributed by atoms with Crippen molar-refractivity contribution in [3.05, 3.63) is 81.5 Å². The zero-order valence-electron chi connectivity index (χ0n) is 19.8. The molecule has 2 aromatic rings. The third kappa shape index (κ3) is 9.18. The average Bonchev–Trinajstić information content (AvgIpc) is 2.81. The van der Waals surface area contributed by atoms with Gasteiger partial charge in [-0.3, -0.25) is 4.79 Å². The van der Waals surface area contributed by atoms with E-state index in [0.29, 0.717) is 31.2 Å². The zero-order chi connectivity index (χ0) is 27.5. The molecule has 0 unspecified atom stereocenters. The summed E-state index contributed by atoms with van der Waals surface area (Å²) in [5.41, 5.74) is -2.08. The Morgan fingerprint density at radius 3 is 2.33 bits per heavy atom. The van der Waals surface area contributed by atoms with Crippen molar-refractivity contribution >= 4 is 34.7 Å². The van der Waals surface area contributed by atoms with Gasteiger partial charge in [-0.2, -0.15) is 18.2 Å². The van der Waals surface area contributed by atoms with E-state index in [9.17, 15) is 26.7 Å². The van der Waals surface area contributed by atoms with Crippen LogP contribution in [0.5, 0.6) is 0 Å². The number of halogens is 5. The average molecular weight is 523 g/mol. The minimum Gasteiger partial charge on any atom is -0.359 e. The fourth-order valence-electron chi connectivity index (χ4n) is 3.06. The predicted octanol–water partition coefficient (Wildman–Crippen LogP) is 7.26. The maximum atomic E-state index is 14.0. The molecule has 0 aliphatic rings. The molecule has 2 aromatic carbocycles. The van der Waals surface area contributed by atoms with Crippen molar-refractivity contribution in [2.45, 2.75) is 51.2 Å². The number of isothiocyanates is 1. The Kier molecular flexibility index (Phi) is 11.3. The minimum atomic E-state index is -4.95. The van der Waals surface area contributed by atoms with E-state index in [2.05, 4.69) is 32.2 Å². The molecule has 0 bridgehead atoms. The number of rotatable bonds is 7. The number of nitrogens with zero attached hydrogens (tertiary/aromatic N) is 3. The Morgan fingerprint density at radius 2 is 1.83 bits per heavy atom. The van der Waals surface area contributed by atoms with E-state index in [0.717, 1.165) is 17.7 Å². The number of aryl methyl sites for hydroxylation is 1. The Balaban J connectivity index is 0.000000369. The van der Waals surface area contributed by atoms with Crippen molar-refractivity contribution in [1.82, 2.24) is 5.32 Å². The van der Waals surface area contributed by atoms with Crippen molar-refractivity contribution in [2.24, 2.45) is 4.99 Å². The molecule has 5 nitrogen and oxygen atoms in total. The molecule has 190 valence electrons. The van der Waals surface area contributed by atoms with Gasteiger partial charge in [0.2, 0.25) is 17.1 Å². The number of amides is 1. The molecule has 0 heterocycles. The van der Waals surface area contributed by atoms with Gasteiger partial charge in [0.05, 0.1) is 23.7 Å². The first-order valence-corrected chi connectivity index (χ1v) is 10.9. The SMILES string of the molecule is [C-]#[N+]C(C)(C)Cc1ccc(CCCC(=O)NC)c(F)c1.[C-]#[N+]c1ccc(N=C=S)c(F)c1C(F)(F)F. The lowest BCUT2D eigenvalue weighted by molar-refractivity contribution is -0.139. The maximum Gasteiger partial charge on any atom is 0.410 e. The Morgan fingerprint density at radius 1 is 1.17 bits per heavy atom. The summed E-state index contributed by atoms with van der Waals surface area (Å²) in [4.78, 5) is 20.4. The Labute approximate surface area is 211 Å². The standard InChI is InChI=1S/C16H21FN2O.C9H2F4N2S/c1-16(2,19-4)11-12-8-9-13(14(17)10-12)6-5-7-15(20)18-3;1-14-5-2-3-6(15-4-16)8(10)7(5)9(11,12)13/h8-10H,5-7,11H2,1-3H3,(H,18,20);2-3H. The van der Waals surface area contributed by atoms with Crippen LogP contribution in [0.3, 0.4) is 0 Å². The van der Waals surface area contributed by atoms with Crippen molar-refractivity contribution in [2.75, 3.05) is 7.05 Å². The molecule has 0 atom stereocenters. The van der Waals surface area contributed by atoms with E-state index in [-0.39, 0.29) is 11.7 Å². The molecule has 0 fully saturated rings. The predicted molar refractivity (Wildman–Crippen MR) is 130 cm³/mol. The van der Waals surface area contributed by atoms with Crippen molar-refractivity contribution in [3.63, 3.8) is 0 Å². The first-order chi connectivity index (χ1) is 16.8. The molecule has 0 saturated carbocycles. The van der Waals surface area contributed by atoms with Gasteiger partial charge in [-0.1, -0.05) is 18.2 Å². The van der Waals surface area contributed by atoms with Gasteiger partial charge >= 0.3 is 6.18 Å². The van der Waals surface area contributed by atoms with Gasteiger partial charge < -0.3 is 10.2 Å². The highest BCUT2D eigenvalue weighted by Crippen LogP contribution is 2.41. The van der Waals surface area contributed by atoms with Gasteiger partial charge in [-0.15, -0.1) is 0 Å². The maximum absolute atomic E-state index is 14.0. The molecular formula is C25H23F5N4OS. The number of hydrogen-bond donors (Lipinski definition) is 1. The molecule has 2 rings (SSSR count). The lowest BCUT2D eigenvalue weighted by atomic mass is 9.94. The summed E-state index contributed by atoms with van der Waals surface area (Å²) in [6, 6.07) is 6.91. The second-order valence-corrected chi connectivity index (χ2v) is 8.34. The number of nitrogens with one attached hydrogen (secondary N) is 1. The fourth-order valence-corrected chi connectivity index (χ4v) is 3.16. The fraction of sp³-hybridized carbons (Fsp3) is 0.360. The molecule has 0 saturated heterocycles. The third-order valence-corrected chi connectivity index (χ3v) is 4.95. The molecular weight excluding hydrogens is 499 g/mol. The first kappa shape index (κ1) is 30.4. The number of aliphatic imine (C=N–C) groups is 1. The van der Waals surface area contributed by atoms with E-state index >= 15 is 0 Å². The Bertz CT molecular complexity index is 1220. The zero-order valence-corrected chi connectivity index (χ0v) is 20.6. The van der Waals surface area contributed by atoms with E-state index in [4.69, 9.17) is 13.1 Å². The summed E-state index contributed by atoms with van der Waals surface area (Å²) in [6.07, 6.45) is -2.83. The molecule has 0 radical (unpaired) electrons. The second-order valence-electron chi connectivity index (χ2n) is 8.16. The molecule has 1 amide bonds. The van der Waals surface area contributed by atoms with Crippen LogP contribution in [-0.4, -0.2) is 23.7 Å². The van der Waals surface area contributed by atoms with Gasteiger partial charge in [0.15, 0.2) is 5.82 Å². The number of carbonyl (C=O) groups excluding carboxylic acids is 1. The summed E-state index contributed by atoms with van der Waals surface area (Å²) in [6.45, 7) is 17.3. The molecule has 0 aromatic heterocycles. The summed E-state index contributed by atoms with van der Waals surface area (Å²) >= 11 is 4.17. The number of thiocarbonyl (C=S) groups is 1. The highest BCUT2D eigenvalue weighted by molar-refractivity contribution is 7.78. The van der Waals surface area contributed by atoms with Crippen LogP contribution in [0.15, 0.2) is 35.3 Å². The van der Waals surface area contributed by atoms with Crippen LogP contribution in [0.4, 0.5) is 33.3 Å². The largest absolute Gasteiger partial charge is 0.410 e. The van der Waals surface area contributed by atoms with Gasteiger partial charge in [0.25, 0.3) is 0 Å². The summed E-state index contributed by atoms with van der Waals surface area (Å²) < 4.78 is 64.7. The summed E-state index contributed by atoms with van der Waals surface area (Å²) in [5.74, 6) is -1.89. The number of hydrogen-bond acceptors (Lipinski definition) is 3. The van der Waals surface area contributed by atoms with Gasteiger partial charge in [0.1, 0.15) is 11.5 Å². The molecule has 0 spiro atoms. The van der Waals surface area contributed by atoms with Gasteiger partial charge in [0, 0.05) is 27.3 Å². The van der Waals surface area contributed by atoms with Crippen LogP contribution in [-0.2, 0) is 23.8 Å². The quantitative estimate of drug-likeness (QED) is 0.180. The highest BCUT2D eigenvalue weighted by Gasteiger charge is 2.38. The second kappa shape index (κ2) is 13.4. The van der Waals surface area contributed by atoms with Crippen LogP contribution in [0.2, 0.25) is 0 Å². The first-order valence-electron chi connectivity index (χ1n) is 10.5. The normalized spacial score (nSPS) is 10.7. The number of benzene rings is 2. The minimum absolute atomic E-state index is 0.0270. The molecule has 11 heteroatoms. The van der Waals surface area contributed by atoms with Crippen LogP contribution >= 0.6 is 12.2 Å². The molecule has 0 aliphatic carbocycles. The molecule has 1 N–H and O–H groups in total. The van der Waals surface area contributed by atoms with Crippen LogP contribution < -0.4 is 5.32 Å². The summed E-state index contributed by atoms with van der Waals surface area (Å²) in [5, 5.41) is 4.31. The van der Waals surface area contributed by atoms with E-state index in [1.165, 1.54) is 6.07 Å². The Hall–Kier alpha value is -3.66. The van der Waals surface area contributed by atoms with E-state index < -0.39 is 34.5 Å². The van der Waals surface area contributed by atoms with Crippen LogP contribution in [0.1, 0.15) is 43.4 Å². The number of alkyl halides is 3.